The van der Waals surface area contributed by atoms with Crippen LogP contribution in [-0.2, 0) is 6.61 Å². The minimum atomic E-state index is -0.304. The molecule has 0 aliphatic carbocycles. The third-order valence-electron chi connectivity index (χ3n) is 4.47. The second-order valence-corrected chi connectivity index (χ2v) is 7.36. The molecule has 5 heteroatoms. The van der Waals surface area contributed by atoms with Crippen molar-refractivity contribution in [2.75, 3.05) is 0 Å². The third-order valence-corrected chi connectivity index (χ3v) is 5.00. The number of aryl methyl sites for hydroxylation is 1. The van der Waals surface area contributed by atoms with Gasteiger partial charge in [-0.25, -0.2) is 4.39 Å². The minimum Gasteiger partial charge on any atom is -0.489 e. The fourth-order valence-electron chi connectivity index (χ4n) is 3.12. The van der Waals surface area contributed by atoms with Gasteiger partial charge in [-0.1, -0.05) is 40.2 Å². The summed E-state index contributed by atoms with van der Waals surface area (Å²) in [5, 5.41) is 0.488. The summed E-state index contributed by atoms with van der Waals surface area (Å²) in [7, 11) is 0. The number of hydrogen-bond acceptors (Lipinski definition) is 3. The van der Waals surface area contributed by atoms with E-state index in [0.717, 1.165) is 15.6 Å². The lowest BCUT2D eigenvalue weighted by molar-refractivity contribution is 0.305. The summed E-state index contributed by atoms with van der Waals surface area (Å²) in [6, 6.07) is 18.9. The predicted octanol–water partition coefficient (Wildman–Crippen LogP) is 6.25. The number of halogens is 2. The first kappa shape index (κ1) is 18.4. The smallest absolute Gasteiger partial charge is 0.200 e. The fraction of sp³-hybridized carbons (Fsp3) is 0.0870. The van der Waals surface area contributed by atoms with E-state index in [1.54, 1.807) is 37.3 Å². The molecule has 4 rings (SSSR count). The molecule has 0 fully saturated rings. The Labute approximate surface area is 169 Å². The van der Waals surface area contributed by atoms with Crippen molar-refractivity contribution in [1.29, 1.82) is 0 Å². The van der Waals surface area contributed by atoms with Crippen molar-refractivity contribution in [3.63, 3.8) is 0 Å². The Kier molecular flexibility index (Phi) is 5.01. The quantitative estimate of drug-likeness (QED) is 0.378. The van der Waals surface area contributed by atoms with Gasteiger partial charge in [0.2, 0.25) is 5.43 Å². The van der Waals surface area contributed by atoms with Crippen LogP contribution >= 0.6 is 15.9 Å². The van der Waals surface area contributed by atoms with Crippen LogP contribution in [0.4, 0.5) is 4.39 Å². The summed E-state index contributed by atoms with van der Waals surface area (Å²) in [5.41, 5.74) is 2.46. The van der Waals surface area contributed by atoms with Gasteiger partial charge in [-0.15, -0.1) is 0 Å². The highest BCUT2D eigenvalue weighted by atomic mass is 79.9. The average Bonchev–Trinajstić information content (AvgIpc) is 2.68. The Balaban J connectivity index is 1.68. The Morgan fingerprint density at radius 2 is 1.82 bits per heavy atom. The van der Waals surface area contributed by atoms with Gasteiger partial charge in [-0.2, -0.15) is 0 Å². The number of ether oxygens (including phenoxy) is 1. The van der Waals surface area contributed by atoms with E-state index in [0.29, 0.717) is 28.0 Å². The van der Waals surface area contributed by atoms with Crippen LogP contribution < -0.4 is 10.2 Å². The van der Waals surface area contributed by atoms with E-state index in [2.05, 4.69) is 15.9 Å². The highest BCUT2D eigenvalue weighted by Gasteiger charge is 2.14. The lowest BCUT2D eigenvalue weighted by Crippen LogP contribution is -2.07. The summed E-state index contributed by atoms with van der Waals surface area (Å²) in [6.45, 7) is 2.00. The summed E-state index contributed by atoms with van der Waals surface area (Å²) in [6.07, 6.45) is 0. The van der Waals surface area contributed by atoms with E-state index >= 15 is 0 Å². The average molecular weight is 439 g/mol. The topological polar surface area (TPSA) is 39.4 Å². The zero-order valence-electron chi connectivity index (χ0n) is 15.0. The Bertz CT molecular complexity index is 1210. The van der Waals surface area contributed by atoms with Crippen LogP contribution in [0.2, 0.25) is 0 Å². The zero-order valence-corrected chi connectivity index (χ0v) is 16.6. The number of benzene rings is 3. The number of hydrogen-bond donors (Lipinski definition) is 0. The van der Waals surface area contributed by atoms with Gasteiger partial charge in [-0.3, -0.25) is 4.79 Å². The van der Waals surface area contributed by atoms with Crippen LogP contribution in [0.15, 0.2) is 80.4 Å². The Hall–Kier alpha value is -2.92. The maximum absolute atomic E-state index is 13.3. The van der Waals surface area contributed by atoms with Gasteiger partial charge in [0.25, 0.3) is 0 Å². The molecule has 0 saturated carbocycles. The van der Waals surface area contributed by atoms with Gasteiger partial charge < -0.3 is 9.15 Å². The molecule has 3 aromatic carbocycles. The van der Waals surface area contributed by atoms with E-state index < -0.39 is 0 Å². The van der Waals surface area contributed by atoms with Crippen LogP contribution in [0.1, 0.15) is 11.3 Å². The van der Waals surface area contributed by atoms with Crippen LogP contribution in [0, 0.1) is 12.7 Å². The first-order chi connectivity index (χ1) is 13.5. The molecule has 0 unspecified atom stereocenters. The first-order valence-corrected chi connectivity index (χ1v) is 9.51. The fourth-order valence-corrected chi connectivity index (χ4v) is 3.38. The highest BCUT2D eigenvalue weighted by Crippen LogP contribution is 2.27. The van der Waals surface area contributed by atoms with Gasteiger partial charge >= 0.3 is 0 Å². The van der Waals surface area contributed by atoms with Crippen molar-refractivity contribution in [2.24, 2.45) is 0 Å². The van der Waals surface area contributed by atoms with Gasteiger partial charge in [-0.05, 0) is 54.4 Å². The van der Waals surface area contributed by atoms with Gasteiger partial charge in [0.05, 0.1) is 10.9 Å². The van der Waals surface area contributed by atoms with Crippen LogP contribution in [0.3, 0.4) is 0 Å². The molecule has 0 spiro atoms. The molecule has 0 N–H and O–H groups in total. The molecule has 0 bridgehead atoms. The summed E-state index contributed by atoms with van der Waals surface area (Å²) >= 11 is 3.40. The zero-order chi connectivity index (χ0) is 19.7. The summed E-state index contributed by atoms with van der Waals surface area (Å²) in [5.74, 6) is 0.791. The second-order valence-electron chi connectivity index (χ2n) is 6.45. The van der Waals surface area contributed by atoms with E-state index in [1.165, 1.54) is 12.1 Å². The summed E-state index contributed by atoms with van der Waals surface area (Å²) in [4.78, 5) is 13.0. The van der Waals surface area contributed by atoms with Crippen molar-refractivity contribution in [3.8, 4) is 16.9 Å². The van der Waals surface area contributed by atoms with Crippen LogP contribution in [-0.4, -0.2) is 0 Å². The van der Waals surface area contributed by atoms with Crippen molar-refractivity contribution in [1.82, 2.24) is 0 Å². The molecule has 0 saturated heterocycles. The number of fused-ring (bicyclic) bond motifs is 1. The molecule has 4 aromatic rings. The van der Waals surface area contributed by atoms with Crippen LogP contribution in [0.25, 0.3) is 22.1 Å². The lowest BCUT2D eigenvalue weighted by Gasteiger charge is -2.10. The van der Waals surface area contributed by atoms with Crippen molar-refractivity contribution in [2.45, 2.75) is 13.5 Å². The predicted molar refractivity (Wildman–Crippen MR) is 111 cm³/mol. The molecule has 1 heterocycles. The molecule has 0 radical (unpaired) electrons. The van der Waals surface area contributed by atoms with E-state index in [4.69, 9.17) is 9.15 Å². The van der Waals surface area contributed by atoms with Crippen molar-refractivity contribution < 1.29 is 13.5 Å². The van der Waals surface area contributed by atoms with E-state index in [1.807, 2.05) is 24.3 Å². The second kappa shape index (κ2) is 7.60. The SMILES string of the molecule is Cc1oc2cc(OCc3cccc(F)c3)ccc2c(=O)c1-c1ccc(Br)cc1. The monoisotopic (exact) mass is 438 g/mol. The van der Waals surface area contributed by atoms with E-state index in [9.17, 15) is 9.18 Å². The molecule has 1 aromatic heterocycles. The molecule has 0 atom stereocenters. The van der Waals surface area contributed by atoms with Crippen LogP contribution in [0.5, 0.6) is 5.75 Å². The third kappa shape index (κ3) is 3.71. The first-order valence-electron chi connectivity index (χ1n) is 8.72. The van der Waals surface area contributed by atoms with Crippen molar-refractivity contribution >= 4 is 26.9 Å². The number of rotatable bonds is 4. The molecule has 140 valence electrons. The highest BCUT2D eigenvalue weighted by molar-refractivity contribution is 9.10. The Morgan fingerprint density at radius 1 is 1.04 bits per heavy atom. The van der Waals surface area contributed by atoms with Gasteiger partial charge in [0.15, 0.2) is 0 Å². The minimum absolute atomic E-state index is 0.0854. The Morgan fingerprint density at radius 3 is 2.57 bits per heavy atom. The largest absolute Gasteiger partial charge is 0.489 e. The van der Waals surface area contributed by atoms with Gasteiger partial charge in [0.1, 0.15) is 29.5 Å². The molecule has 28 heavy (non-hydrogen) atoms. The van der Waals surface area contributed by atoms with Crippen molar-refractivity contribution in [3.05, 3.63) is 98.6 Å². The normalized spacial score (nSPS) is 11.0. The maximum Gasteiger partial charge on any atom is 0.200 e. The molecule has 0 amide bonds. The van der Waals surface area contributed by atoms with E-state index in [-0.39, 0.29) is 17.9 Å². The molecule has 0 aliphatic rings. The molecule has 3 nitrogen and oxygen atoms in total. The molecular weight excluding hydrogens is 423 g/mol. The molecular formula is C23H16BrFO3. The standard InChI is InChI=1S/C23H16BrFO3/c1-14-22(16-5-7-17(24)8-6-16)23(26)20-10-9-19(12-21(20)28-14)27-13-15-3-2-4-18(25)11-15/h2-12H,13H2,1H3. The molecule has 0 aliphatic heterocycles. The van der Waals surface area contributed by atoms with Gasteiger partial charge in [0, 0.05) is 10.5 Å². The lowest BCUT2D eigenvalue weighted by atomic mass is 10.0. The maximum atomic E-state index is 13.3. The summed E-state index contributed by atoms with van der Waals surface area (Å²) < 4.78 is 25.9.